The van der Waals surface area contributed by atoms with Gasteiger partial charge in [0, 0.05) is 22.1 Å². The minimum absolute atomic E-state index is 0.122. The molecular formula is C19H20O5. The summed E-state index contributed by atoms with van der Waals surface area (Å²) < 4.78 is 5.39. The summed E-state index contributed by atoms with van der Waals surface area (Å²) in [5.41, 5.74) is -0.404. The third-order valence-electron chi connectivity index (χ3n) is 5.19. The summed E-state index contributed by atoms with van der Waals surface area (Å²) in [6.07, 6.45) is 3.13. The van der Waals surface area contributed by atoms with E-state index in [0.29, 0.717) is 16.7 Å². The fraction of sp³-hybridized carbons (Fsp3) is 0.368. The first kappa shape index (κ1) is 16.3. The SMILES string of the molecule is COC1=C2C(C)(C)C(=O)C=CC2(C)c2c(cc(C)c(O)c2O)C1=O. The van der Waals surface area contributed by atoms with Crippen molar-refractivity contribution in [3.05, 3.63) is 46.2 Å². The first-order chi connectivity index (χ1) is 11.1. The van der Waals surface area contributed by atoms with Crippen molar-refractivity contribution in [1.29, 1.82) is 0 Å². The van der Waals surface area contributed by atoms with Crippen molar-refractivity contribution in [2.24, 2.45) is 5.41 Å². The van der Waals surface area contributed by atoms with Gasteiger partial charge in [0.2, 0.25) is 5.78 Å². The topological polar surface area (TPSA) is 83.8 Å². The lowest BCUT2D eigenvalue weighted by molar-refractivity contribution is -0.121. The largest absolute Gasteiger partial charge is 0.504 e. The van der Waals surface area contributed by atoms with Gasteiger partial charge in [-0.2, -0.15) is 0 Å². The second-order valence-electron chi connectivity index (χ2n) is 7.08. The van der Waals surface area contributed by atoms with E-state index in [1.165, 1.54) is 13.2 Å². The number of ether oxygens (including phenoxy) is 1. The van der Waals surface area contributed by atoms with Gasteiger partial charge in [-0.15, -0.1) is 0 Å². The van der Waals surface area contributed by atoms with Gasteiger partial charge in [-0.3, -0.25) is 9.59 Å². The second kappa shape index (κ2) is 4.72. The molecule has 1 unspecified atom stereocenters. The zero-order chi connectivity index (χ0) is 18.0. The van der Waals surface area contributed by atoms with Crippen LogP contribution < -0.4 is 0 Å². The Morgan fingerprint density at radius 3 is 2.29 bits per heavy atom. The van der Waals surface area contributed by atoms with Crippen LogP contribution in [0.5, 0.6) is 11.5 Å². The molecule has 2 aliphatic rings. The second-order valence-corrected chi connectivity index (χ2v) is 7.08. The Morgan fingerprint density at radius 1 is 1.08 bits per heavy atom. The molecule has 0 aromatic heterocycles. The molecule has 5 nitrogen and oxygen atoms in total. The van der Waals surface area contributed by atoms with Crippen LogP contribution in [-0.4, -0.2) is 28.9 Å². The van der Waals surface area contributed by atoms with Gasteiger partial charge in [0.05, 0.1) is 12.5 Å². The summed E-state index contributed by atoms with van der Waals surface area (Å²) in [7, 11) is 1.40. The Balaban J connectivity index is 2.51. The molecule has 1 aromatic rings. The Morgan fingerprint density at radius 2 is 1.71 bits per heavy atom. The van der Waals surface area contributed by atoms with Crippen molar-refractivity contribution in [1.82, 2.24) is 0 Å². The molecule has 24 heavy (non-hydrogen) atoms. The Hall–Kier alpha value is -2.56. The standard InChI is InChI=1S/C19H20O5/c1-9-8-10-12(15(23)13(9)21)19(4)7-6-11(20)18(2,3)17(19)16(24-5)14(10)22/h6-8,21,23H,1-5H3. The van der Waals surface area contributed by atoms with E-state index >= 15 is 0 Å². The number of carbonyl (C=O) groups excluding carboxylic acids is 2. The van der Waals surface area contributed by atoms with E-state index in [2.05, 4.69) is 0 Å². The average molecular weight is 328 g/mol. The van der Waals surface area contributed by atoms with Gasteiger partial charge in [-0.1, -0.05) is 6.08 Å². The summed E-state index contributed by atoms with van der Waals surface area (Å²) in [5, 5.41) is 20.7. The molecule has 2 N–H and O–H groups in total. The summed E-state index contributed by atoms with van der Waals surface area (Å²) in [4.78, 5) is 25.3. The van der Waals surface area contributed by atoms with E-state index in [-0.39, 0.29) is 28.6 Å². The van der Waals surface area contributed by atoms with Crippen molar-refractivity contribution in [2.45, 2.75) is 33.1 Å². The number of aromatic hydroxyl groups is 2. The van der Waals surface area contributed by atoms with Crippen LogP contribution in [0.1, 0.15) is 42.3 Å². The summed E-state index contributed by atoms with van der Waals surface area (Å²) in [5.74, 6) is -1.00. The number of allylic oxidation sites excluding steroid dienone is 4. The first-order valence-corrected chi connectivity index (χ1v) is 7.71. The average Bonchev–Trinajstić information content (AvgIpc) is 2.51. The molecule has 0 heterocycles. The van der Waals surface area contributed by atoms with Crippen LogP contribution in [-0.2, 0) is 14.9 Å². The molecule has 0 saturated carbocycles. The van der Waals surface area contributed by atoms with Crippen molar-refractivity contribution in [3.63, 3.8) is 0 Å². The van der Waals surface area contributed by atoms with E-state index in [4.69, 9.17) is 4.74 Å². The number of aryl methyl sites for hydroxylation is 1. The van der Waals surface area contributed by atoms with Gasteiger partial charge in [0.15, 0.2) is 23.0 Å². The monoisotopic (exact) mass is 328 g/mol. The van der Waals surface area contributed by atoms with Gasteiger partial charge in [0.1, 0.15) is 0 Å². The number of fused-ring (bicyclic) bond motifs is 3. The van der Waals surface area contributed by atoms with Gasteiger partial charge in [-0.05, 0) is 45.4 Å². The highest BCUT2D eigenvalue weighted by Crippen LogP contribution is 2.56. The summed E-state index contributed by atoms with van der Waals surface area (Å²) in [6.45, 7) is 6.89. The predicted octanol–water partition coefficient (Wildman–Crippen LogP) is 2.93. The number of phenolic OH excluding ortho intramolecular Hbond substituents is 2. The maximum Gasteiger partial charge on any atom is 0.228 e. The van der Waals surface area contributed by atoms with Crippen LogP contribution in [0.4, 0.5) is 0 Å². The molecule has 0 saturated heterocycles. The molecule has 0 fully saturated rings. The molecule has 1 atom stereocenters. The summed E-state index contributed by atoms with van der Waals surface area (Å²) in [6, 6.07) is 1.55. The number of Topliss-reactive ketones (excluding diaryl/α,β-unsaturated/α-hetero) is 1. The molecule has 3 rings (SSSR count). The number of phenols is 2. The molecule has 2 aliphatic carbocycles. The first-order valence-electron chi connectivity index (χ1n) is 7.71. The number of methoxy groups -OCH3 is 1. The molecule has 5 heteroatoms. The number of benzene rings is 1. The number of hydrogen-bond donors (Lipinski definition) is 2. The quantitative estimate of drug-likeness (QED) is 0.774. The lowest BCUT2D eigenvalue weighted by atomic mass is 9.57. The van der Waals surface area contributed by atoms with Crippen molar-refractivity contribution in [3.8, 4) is 11.5 Å². The zero-order valence-electron chi connectivity index (χ0n) is 14.4. The van der Waals surface area contributed by atoms with Crippen LogP contribution in [0.15, 0.2) is 29.6 Å². The van der Waals surface area contributed by atoms with Crippen LogP contribution in [0.3, 0.4) is 0 Å². The maximum atomic E-state index is 12.9. The lowest BCUT2D eigenvalue weighted by Crippen LogP contribution is -2.45. The van der Waals surface area contributed by atoms with E-state index in [1.54, 1.807) is 32.9 Å². The fourth-order valence-corrected chi connectivity index (χ4v) is 3.96. The zero-order valence-corrected chi connectivity index (χ0v) is 14.4. The van der Waals surface area contributed by atoms with Crippen molar-refractivity contribution < 1.29 is 24.5 Å². The number of ketones is 2. The molecule has 0 aliphatic heterocycles. The van der Waals surface area contributed by atoms with E-state index in [0.717, 1.165) is 0 Å². The van der Waals surface area contributed by atoms with Crippen LogP contribution >= 0.6 is 0 Å². The molecule has 0 spiro atoms. The van der Waals surface area contributed by atoms with Gasteiger partial charge < -0.3 is 14.9 Å². The third-order valence-corrected chi connectivity index (χ3v) is 5.19. The van der Waals surface area contributed by atoms with Crippen LogP contribution in [0, 0.1) is 12.3 Å². The smallest absolute Gasteiger partial charge is 0.228 e. The number of carbonyl (C=O) groups is 2. The molecule has 0 amide bonds. The van der Waals surface area contributed by atoms with Crippen molar-refractivity contribution >= 4 is 11.6 Å². The van der Waals surface area contributed by atoms with Gasteiger partial charge >= 0.3 is 0 Å². The molecule has 0 radical (unpaired) electrons. The molecule has 126 valence electrons. The van der Waals surface area contributed by atoms with Gasteiger partial charge in [0.25, 0.3) is 0 Å². The molecule has 1 aromatic carbocycles. The normalized spacial score (nSPS) is 24.7. The van der Waals surface area contributed by atoms with Gasteiger partial charge in [-0.25, -0.2) is 0 Å². The predicted molar refractivity (Wildman–Crippen MR) is 88.2 cm³/mol. The molecular weight excluding hydrogens is 308 g/mol. The lowest BCUT2D eigenvalue weighted by Gasteiger charge is -2.45. The highest BCUT2D eigenvalue weighted by atomic mass is 16.5. The van der Waals surface area contributed by atoms with E-state index in [9.17, 15) is 19.8 Å². The maximum absolute atomic E-state index is 12.9. The number of hydrogen-bond acceptors (Lipinski definition) is 5. The van der Waals surface area contributed by atoms with Crippen LogP contribution in [0.25, 0.3) is 0 Å². The van der Waals surface area contributed by atoms with E-state index in [1.807, 2.05) is 6.92 Å². The minimum atomic E-state index is -0.963. The fourth-order valence-electron chi connectivity index (χ4n) is 3.96. The van der Waals surface area contributed by atoms with E-state index < -0.39 is 16.6 Å². The van der Waals surface area contributed by atoms with Crippen molar-refractivity contribution in [2.75, 3.05) is 7.11 Å². The Kier molecular flexibility index (Phi) is 3.21. The third kappa shape index (κ3) is 1.75. The van der Waals surface area contributed by atoms with Crippen LogP contribution in [0.2, 0.25) is 0 Å². The molecule has 0 bridgehead atoms. The summed E-state index contributed by atoms with van der Waals surface area (Å²) >= 11 is 0. The number of rotatable bonds is 1. The highest BCUT2D eigenvalue weighted by molar-refractivity contribution is 6.14. The Bertz CT molecular complexity index is 857. The minimum Gasteiger partial charge on any atom is -0.504 e. The highest BCUT2D eigenvalue weighted by Gasteiger charge is 2.53. The Labute approximate surface area is 140 Å².